The predicted octanol–water partition coefficient (Wildman–Crippen LogP) is 2.58. The van der Waals surface area contributed by atoms with Gasteiger partial charge in [-0.15, -0.1) is 0 Å². The molecule has 1 aliphatic rings. The van der Waals surface area contributed by atoms with Crippen LogP contribution >= 0.6 is 11.6 Å². The van der Waals surface area contributed by atoms with E-state index < -0.39 is 5.91 Å². The van der Waals surface area contributed by atoms with Crippen LogP contribution in [-0.4, -0.2) is 27.4 Å². The van der Waals surface area contributed by atoms with E-state index in [1.807, 2.05) is 0 Å². The van der Waals surface area contributed by atoms with Gasteiger partial charge in [-0.25, -0.2) is 4.98 Å². The second-order valence-electron chi connectivity index (χ2n) is 6.72. The zero-order chi connectivity index (χ0) is 19.7. The average molecular weight is 397 g/mol. The molecular weight excluding hydrogens is 380 g/mol. The van der Waals surface area contributed by atoms with E-state index in [-0.39, 0.29) is 24.1 Å². The van der Waals surface area contributed by atoms with Crippen LogP contribution in [0.4, 0.5) is 5.69 Å². The van der Waals surface area contributed by atoms with Gasteiger partial charge in [0.1, 0.15) is 6.54 Å². The SMILES string of the molecule is O=C(Cn1cnc2ccc(Cl)cc2c1=O)Nc1cccc(C(=O)NC2CC2)c1. The summed E-state index contributed by atoms with van der Waals surface area (Å²) in [5.41, 5.74) is 1.13. The van der Waals surface area contributed by atoms with Crippen molar-refractivity contribution >= 4 is 40.0 Å². The first-order valence-corrected chi connectivity index (χ1v) is 9.23. The van der Waals surface area contributed by atoms with Crippen molar-refractivity contribution < 1.29 is 9.59 Å². The number of carbonyl (C=O) groups excluding carboxylic acids is 2. The number of carbonyl (C=O) groups is 2. The molecule has 1 saturated carbocycles. The number of nitrogens with one attached hydrogen (secondary N) is 2. The molecule has 4 rings (SSSR count). The third-order valence-corrected chi connectivity index (χ3v) is 4.66. The average Bonchev–Trinajstić information content (AvgIpc) is 3.48. The first kappa shape index (κ1) is 18.2. The maximum absolute atomic E-state index is 12.6. The lowest BCUT2D eigenvalue weighted by Gasteiger charge is -2.09. The predicted molar refractivity (Wildman–Crippen MR) is 107 cm³/mol. The number of nitrogens with zero attached hydrogens (tertiary/aromatic N) is 2. The summed E-state index contributed by atoms with van der Waals surface area (Å²) in [5.74, 6) is -0.560. The Morgan fingerprint density at radius 1 is 1.18 bits per heavy atom. The minimum absolute atomic E-state index is 0.162. The van der Waals surface area contributed by atoms with Gasteiger partial charge in [0, 0.05) is 22.3 Å². The first-order chi connectivity index (χ1) is 13.5. The van der Waals surface area contributed by atoms with Crippen LogP contribution in [0.3, 0.4) is 0 Å². The summed E-state index contributed by atoms with van der Waals surface area (Å²) < 4.78 is 1.22. The van der Waals surface area contributed by atoms with Crippen LogP contribution in [0.5, 0.6) is 0 Å². The smallest absolute Gasteiger partial charge is 0.261 e. The second-order valence-corrected chi connectivity index (χ2v) is 7.15. The maximum Gasteiger partial charge on any atom is 0.261 e. The highest BCUT2D eigenvalue weighted by atomic mass is 35.5. The molecule has 0 radical (unpaired) electrons. The van der Waals surface area contributed by atoms with Crippen molar-refractivity contribution in [3.63, 3.8) is 0 Å². The van der Waals surface area contributed by atoms with Gasteiger partial charge >= 0.3 is 0 Å². The number of rotatable bonds is 5. The molecule has 0 aliphatic heterocycles. The first-order valence-electron chi connectivity index (χ1n) is 8.85. The molecule has 1 aromatic heterocycles. The summed E-state index contributed by atoms with van der Waals surface area (Å²) in [4.78, 5) is 41.3. The number of aromatic nitrogens is 2. The molecule has 0 unspecified atom stereocenters. The molecule has 2 N–H and O–H groups in total. The fourth-order valence-corrected chi connectivity index (χ4v) is 3.01. The molecule has 1 heterocycles. The van der Waals surface area contributed by atoms with E-state index in [4.69, 9.17) is 11.6 Å². The van der Waals surface area contributed by atoms with Crippen molar-refractivity contribution in [3.05, 3.63) is 69.7 Å². The summed E-state index contributed by atoms with van der Waals surface area (Å²) >= 11 is 5.94. The van der Waals surface area contributed by atoms with Crippen LogP contribution in [0.15, 0.2) is 53.6 Å². The van der Waals surface area contributed by atoms with Crippen LogP contribution in [0.25, 0.3) is 10.9 Å². The normalized spacial score (nSPS) is 13.3. The molecule has 0 saturated heterocycles. The Morgan fingerprint density at radius 3 is 2.79 bits per heavy atom. The molecule has 142 valence electrons. The minimum atomic E-state index is -0.398. The van der Waals surface area contributed by atoms with Crippen LogP contribution < -0.4 is 16.2 Å². The highest BCUT2D eigenvalue weighted by molar-refractivity contribution is 6.31. The number of fused-ring (bicyclic) bond motifs is 1. The van der Waals surface area contributed by atoms with Crippen LogP contribution in [0, 0.1) is 0 Å². The Morgan fingerprint density at radius 2 is 2.00 bits per heavy atom. The number of halogens is 1. The lowest BCUT2D eigenvalue weighted by Crippen LogP contribution is -2.28. The third kappa shape index (κ3) is 4.04. The van der Waals surface area contributed by atoms with Crippen LogP contribution in [0.1, 0.15) is 23.2 Å². The maximum atomic E-state index is 12.6. The van der Waals surface area contributed by atoms with Crippen molar-refractivity contribution in [2.75, 3.05) is 5.32 Å². The van der Waals surface area contributed by atoms with Gasteiger partial charge in [-0.2, -0.15) is 0 Å². The largest absolute Gasteiger partial charge is 0.349 e. The quantitative estimate of drug-likeness (QED) is 0.693. The molecule has 0 atom stereocenters. The van der Waals surface area contributed by atoms with Gasteiger partial charge in [0.2, 0.25) is 5.91 Å². The molecule has 28 heavy (non-hydrogen) atoms. The number of amides is 2. The molecule has 2 amide bonds. The van der Waals surface area contributed by atoms with Gasteiger partial charge in [0.15, 0.2) is 0 Å². The molecule has 0 spiro atoms. The summed E-state index contributed by atoms with van der Waals surface area (Å²) in [7, 11) is 0. The zero-order valence-corrected chi connectivity index (χ0v) is 15.6. The van der Waals surface area contributed by atoms with Gasteiger partial charge in [-0.05, 0) is 49.2 Å². The minimum Gasteiger partial charge on any atom is -0.349 e. The standard InChI is InChI=1S/C20H17ClN4O3/c21-13-4-7-17-16(9-13)20(28)25(11-22-17)10-18(26)23-15-3-1-2-12(8-15)19(27)24-14-5-6-14/h1-4,7-9,11,14H,5-6,10H2,(H,23,26)(H,24,27). The zero-order valence-electron chi connectivity index (χ0n) is 14.8. The van der Waals surface area contributed by atoms with Crippen molar-refractivity contribution in [3.8, 4) is 0 Å². The fraction of sp³-hybridized carbons (Fsp3) is 0.200. The summed E-state index contributed by atoms with van der Waals surface area (Å²) in [6.45, 7) is -0.202. The third-order valence-electron chi connectivity index (χ3n) is 4.42. The molecule has 3 aromatic rings. The Bertz CT molecular complexity index is 1140. The highest BCUT2D eigenvalue weighted by Gasteiger charge is 2.23. The number of hydrogen-bond donors (Lipinski definition) is 2. The lowest BCUT2D eigenvalue weighted by atomic mass is 10.2. The van der Waals surface area contributed by atoms with Gasteiger partial charge in [-0.3, -0.25) is 19.0 Å². The number of hydrogen-bond acceptors (Lipinski definition) is 4. The van der Waals surface area contributed by atoms with Crippen molar-refractivity contribution in [2.24, 2.45) is 0 Å². The fourth-order valence-electron chi connectivity index (χ4n) is 2.83. The molecule has 1 fully saturated rings. The molecule has 0 bridgehead atoms. The molecule has 8 heteroatoms. The number of benzene rings is 2. The molecular formula is C20H17ClN4O3. The molecule has 7 nitrogen and oxygen atoms in total. The Kier molecular flexibility index (Phi) is 4.83. The van der Waals surface area contributed by atoms with Crippen molar-refractivity contribution in [1.82, 2.24) is 14.9 Å². The summed E-state index contributed by atoms with van der Waals surface area (Å²) in [6.07, 6.45) is 3.33. The van der Waals surface area contributed by atoms with E-state index in [1.54, 1.807) is 36.4 Å². The second kappa shape index (κ2) is 7.44. The Balaban J connectivity index is 1.49. The molecule has 1 aliphatic carbocycles. The van der Waals surface area contributed by atoms with E-state index in [2.05, 4.69) is 15.6 Å². The van der Waals surface area contributed by atoms with Crippen LogP contribution in [-0.2, 0) is 11.3 Å². The van der Waals surface area contributed by atoms with Gasteiger partial charge in [0.25, 0.3) is 11.5 Å². The summed E-state index contributed by atoms with van der Waals surface area (Å²) in [6, 6.07) is 11.8. The lowest BCUT2D eigenvalue weighted by molar-refractivity contribution is -0.116. The van der Waals surface area contributed by atoms with Crippen molar-refractivity contribution in [2.45, 2.75) is 25.4 Å². The van der Waals surface area contributed by atoms with E-state index in [0.29, 0.717) is 27.2 Å². The Hall–Kier alpha value is -3.19. The highest BCUT2D eigenvalue weighted by Crippen LogP contribution is 2.20. The Labute approximate surface area is 165 Å². The van der Waals surface area contributed by atoms with Gasteiger partial charge in [0.05, 0.1) is 17.2 Å². The van der Waals surface area contributed by atoms with Crippen LogP contribution in [0.2, 0.25) is 5.02 Å². The monoisotopic (exact) mass is 396 g/mol. The number of anilines is 1. The van der Waals surface area contributed by atoms with E-state index in [1.165, 1.54) is 17.0 Å². The van der Waals surface area contributed by atoms with Gasteiger partial charge in [-0.1, -0.05) is 17.7 Å². The van der Waals surface area contributed by atoms with Gasteiger partial charge < -0.3 is 10.6 Å². The molecule has 2 aromatic carbocycles. The topological polar surface area (TPSA) is 93.1 Å². The van der Waals surface area contributed by atoms with E-state index in [9.17, 15) is 14.4 Å². The van der Waals surface area contributed by atoms with E-state index in [0.717, 1.165) is 12.8 Å². The summed E-state index contributed by atoms with van der Waals surface area (Å²) in [5, 5.41) is 6.39. The van der Waals surface area contributed by atoms with E-state index >= 15 is 0 Å². The van der Waals surface area contributed by atoms with Crippen molar-refractivity contribution in [1.29, 1.82) is 0 Å².